The van der Waals surface area contributed by atoms with Crippen LogP contribution in [-0.2, 0) is 16.6 Å². The lowest BCUT2D eigenvalue weighted by molar-refractivity contribution is -0.139. The van der Waals surface area contributed by atoms with Gasteiger partial charge in [-0.1, -0.05) is 17.7 Å². The summed E-state index contributed by atoms with van der Waals surface area (Å²) >= 11 is 3.33. The summed E-state index contributed by atoms with van der Waals surface area (Å²) in [7, 11) is -2.76. The van der Waals surface area contributed by atoms with Crippen LogP contribution in [0.5, 0.6) is 5.75 Å². The minimum absolute atomic E-state index is 0.0122. The molecule has 0 unspecified atom stereocenters. The predicted octanol–water partition coefficient (Wildman–Crippen LogP) is 5.93. The van der Waals surface area contributed by atoms with Gasteiger partial charge in [0.1, 0.15) is 23.2 Å². The van der Waals surface area contributed by atoms with Gasteiger partial charge in [0.25, 0.3) is 10.0 Å². The van der Waals surface area contributed by atoms with Crippen LogP contribution in [-0.4, -0.2) is 40.2 Å². The fourth-order valence-corrected chi connectivity index (χ4v) is 6.00. The summed E-state index contributed by atoms with van der Waals surface area (Å²) in [5.74, 6) is 0.415. The van der Waals surface area contributed by atoms with Gasteiger partial charge < -0.3 is 9.30 Å². The summed E-state index contributed by atoms with van der Waals surface area (Å²) in [4.78, 5) is 8.31. The van der Waals surface area contributed by atoms with E-state index < -0.39 is 22.7 Å². The fraction of sp³-hybridized carbons (Fsp3) is 0.167. The number of methoxy groups -OCH3 is 1. The zero-order chi connectivity index (χ0) is 25.8. The molecule has 3 heterocycles. The number of aromatic nitrogens is 4. The number of benzene rings is 2. The maximum Gasteiger partial charge on any atom is 0.406 e. The van der Waals surface area contributed by atoms with Crippen LogP contribution in [0.25, 0.3) is 33.2 Å². The standard InChI is InChI=1S/C24H18BrF3N4O3S/c1-14-3-6-16(7-4-14)36(33,34)32-21(10-18-22(25)29-13-30-23(18)32)19-11-31(12-24(26,27)28)20-8-5-15(35-2)9-17(19)20/h3-11,13H,12H2,1-2H3. The molecule has 0 bridgehead atoms. The van der Waals surface area contributed by atoms with Crippen molar-refractivity contribution in [3.63, 3.8) is 0 Å². The Hall–Kier alpha value is -3.38. The van der Waals surface area contributed by atoms with Gasteiger partial charge in [-0.15, -0.1) is 0 Å². The summed E-state index contributed by atoms with van der Waals surface area (Å²) in [6.45, 7) is 0.588. The molecule has 0 radical (unpaired) electrons. The highest BCUT2D eigenvalue weighted by molar-refractivity contribution is 9.10. The van der Waals surface area contributed by atoms with E-state index in [-0.39, 0.29) is 27.3 Å². The van der Waals surface area contributed by atoms with Crippen LogP contribution in [0.15, 0.2) is 70.6 Å². The van der Waals surface area contributed by atoms with Crippen molar-refractivity contribution in [2.75, 3.05) is 7.11 Å². The first-order valence-corrected chi connectivity index (χ1v) is 12.8. The second kappa shape index (κ2) is 8.63. The molecular formula is C24H18BrF3N4O3S. The first-order valence-electron chi connectivity index (χ1n) is 10.6. The van der Waals surface area contributed by atoms with Crippen molar-refractivity contribution < 1.29 is 26.3 Å². The van der Waals surface area contributed by atoms with Crippen molar-refractivity contribution in [1.82, 2.24) is 18.5 Å². The minimum atomic E-state index is -4.49. The zero-order valence-electron chi connectivity index (χ0n) is 18.9. The highest BCUT2D eigenvalue weighted by Gasteiger charge is 2.31. The molecular weight excluding hydrogens is 561 g/mol. The molecule has 0 saturated carbocycles. The fourth-order valence-electron chi connectivity index (χ4n) is 4.14. The Balaban J connectivity index is 1.87. The third-order valence-corrected chi connectivity index (χ3v) is 8.13. The Morgan fingerprint density at radius 3 is 2.42 bits per heavy atom. The first-order chi connectivity index (χ1) is 17.0. The van der Waals surface area contributed by atoms with E-state index in [1.807, 2.05) is 6.92 Å². The van der Waals surface area contributed by atoms with E-state index in [0.29, 0.717) is 21.1 Å². The zero-order valence-corrected chi connectivity index (χ0v) is 21.3. The number of ether oxygens (including phenoxy) is 1. The Morgan fingerprint density at radius 1 is 1.03 bits per heavy atom. The van der Waals surface area contributed by atoms with Crippen molar-refractivity contribution in [3.8, 4) is 17.0 Å². The molecule has 5 rings (SSSR count). The van der Waals surface area contributed by atoms with Crippen molar-refractivity contribution in [2.45, 2.75) is 24.5 Å². The highest BCUT2D eigenvalue weighted by Crippen LogP contribution is 2.39. The van der Waals surface area contributed by atoms with Gasteiger partial charge in [-0.2, -0.15) is 13.2 Å². The van der Waals surface area contributed by atoms with E-state index in [1.54, 1.807) is 30.3 Å². The molecule has 0 fully saturated rings. The van der Waals surface area contributed by atoms with Gasteiger partial charge in [0, 0.05) is 22.7 Å². The molecule has 0 saturated heterocycles. The van der Waals surface area contributed by atoms with E-state index in [2.05, 4.69) is 25.9 Å². The van der Waals surface area contributed by atoms with Crippen LogP contribution in [0, 0.1) is 6.92 Å². The van der Waals surface area contributed by atoms with Crippen molar-refractivity contribution in [3.05, 3.63) is 71.2 Å². The number of hydrogen-bond donors (Lipinski definition) is 0. The largest absolute Gasteiger partial charge is 0.497 e. The maximum absolute atomic E-state index is 13.9. The smallest absolute Gasteiger partial charge is 0.406 e. The lowest BCUT2D eigenvalue weighted by atomic mass is 10.1. The molecule has 36 heavy (non-hydrogen) atoms. The van der Waals surface area contributed by atoms with E-state index in [4.69, 9.17) is 4.74 Å². The number of hydrogen-bond acceptors (Lipinski definition) is 5. The second-order valence-electron chi connectivity index (χ2n) is 8.18. The van der Waals surface area contributed by atoms with Crippen molar-refractivity contribution in [2.24, 2.45) is 0 Å². The quantitative estimate of drug-likeness (QED) is 0.241. The normalized spacial score (nSPS) is 12.5. The lowest BCUT2D eigenvalue weighted by Gasteiger charge is -2.12. The number of alkyl halides is 3. The van der Waals surface area contributed by atoms with Gasteiger partial charge in [-0.25, -0.2) is 22.4 Å². The first kappa shape index (κ1) is 24.3. The molecule has 0 spiro atoms. The third-order valence-electron chi connectivity index (χ3n) is 5.78. The Bertz CT molecular complexity index is 1730. The number of aryl methyl sites for hydroxylation is 1. The van der Waals surface area contributed by atoms with Crippen LogP contribution in [0.4, 0.5) is 13.2 Å². The topological polar surface area (TPSA) is 79.0 Å². The average Bonchev–Trinajstić information content (AvgIpc) is 3.37. The van der Waals surface area contributed by atoms with E-state index in [1.165, 1.54) is 37.8 Å². The van der Waals surface area contributed by atoms with Gasteiger partial charge in [0.2, 0.25) is 0 Å². The van der Waals surface area contributed by atoms with Crippen molar-refractivity contribution in [1.29, 1.82) is 0 Å². The van der Waals surface area contributed by atoms with Gasteiger partial charge >= 0.3 is 6.18 Å². The summed E-state index contributed by atoms with van der Waals surface area (Å²) < 4.78 is 75.7. The third kappa shape index (κ3) is 4.13. The number of nitrogens with zero attached hydrogens (tertiary/aromatic N) is 4. The molecule has 5 aromatic rings. The van der Waals surface area contributed by atoms with Gasteiger partial charge in [-0.3, -0.25) is 0 Å². The lowest BCUT2D eigenvalue weighted by Crippen LogP contribution is -2.17. The molecule has 7 nitrogen and oxygen atoms in total. The monoisotopic (exact) mass is 578 g/mol. The van der Waals surface area contributed by atoms with Crippen molar-refractivity contribution >= 4 is 47.9 Å². The maximum atomic E-state index is 13.9. The Morgan fingerprint density at radius 2 is 1.75 bits per heavy atom. The molecule has 2 aromatic carbocycles. The molecule has 12 heteroatoms. The Labute approximate surface area is 212 Å². The van der Waals surface area contributed by atoms with Gasteiger partial charge in [-0.05, 0) is 59.3 Å². The van der Waals surface area contributed by atoms with Crippen LogP contribution in [0.1, 0.15) is 5.56 Å². The molecule has 0 aliphatic rings. The molecule has 0 aliphatic carbocycles. The Kier molecular flexibility index (Phi) is 5.83. The second-order valence-corrected chi connectivity index (χ2v) is 10.7. The number of halogens is 4. The minimum Gasteiger partial charge on any atom is -0.497 e. The van der Waals surface area contributed by atoms with Gasteiger partial charge in [0.15, 0.2) is 5.65 Å². The van der Waals surface area contributed by atoms with Crippen LogP contribution >= 0.6 is 15.9 Å². The van der Waals surface area contributed by atoms with E-state index >= 15 is 0 Å². The van der Waals surface area contributed by atoms with E-state index in [0.717, 1.165) is 14.1 Å². The molecule has 0 atom stereocenters. The number of rotatable bonds is 5. The SMILES string of the molecule is COc1ccc2c(c1)c(-c1cc3c(Br)ncnc3n1S(=O)(=O)c1ccc(C)cc1)cn2CC(F)(F)F. The van der Waals surface area contributed by atoms with Crippen LogP contribution in [0.2, 0.25) is 0 Å². The van der Waals surface area contributed by atoms with Gasteiger partial charge in [0.05, 0.1) is 23.1 Å². The molecule has 0 aliphatic heterocycles. The van der Waals surface area contributed by atoms with E-state index in [9.17, 15) is 21.6 Å². The average molecular weight is 579 g/mol. The van der Waals surface area contributed by atoms with Crippen LogP contribution in [0.3, 0.4) is 0 Å². The number of fused-ring (bicyclic) bond motifs is 2. The molecule has 186 valence electrons. The molecule has 0 amide bonds. The summed E-state index contributed by atoms with van der Waals surface area (Å²) in [6.07, 6.45) is -1.97. The predicted molar refractivity (Wildman–Crippen MR) is 133 cm³/mol. The summed E-state index contributed by atoms with van der Waals surface area (Å²) in [5.41, 5.74) is 1.66. The van der Waals surface area contributed by atoms with Crippen LogP contribution < -0.4 is 4.74 Å². The molecule has 0 N–H and O–H groups in total. The highest BCUT2D eigenvalue weighted by atomic mass is 79.9. The summed E-state index contributed by atoms with van der Waals surface area (Å²) in [6, 6.07) is 12.5. The summed E-state index contributed by atoms with van der Waals surface area (Å²) in [5, 5.41) is 0.786. The molecule has 3 aromatic heterocycles.